The Bertz CT molecular complexity index is 1210. The number of aromatic nitrogens is 6. The molecule has 0 fully saturated rings. The molecule has 0 spiro atoms. The molecule has 0 saturated heterocycles. The third-order valence-electron chi connectivity index (χ3n) is 5.71. The van der Waals surface area contributed by atoms with Crippen molar-refractivity contribution in [2.75, 3.05) is 28.2 Å². The fraction of sp³-hybridized carbons (Fsp3) is 0.364. The lowest BCUT2D eigenvalue weighted by Gasteiger charge is -2.28. The van der Waals surface area contributed by atoms with Crippen molar-refractivity contribution in [3.8, 4) is 0 Å². The van der Waals surface area contributed by atoms with E-state index in [1.54, 1.807) is 24.8 Å². The smallest absolute Gasteiger partial charge is 0.230 e. The van der Waals surface area contributed by atoms with Gasteiger partial charge in [-0.1, -0.05) is 13.8 Å². The highest BCUT2D eigenvalue weighted by molar-refractivity contribution is 5.68. The molecule has 5 rings (SSSR count). The zero-order valence-electron chi connectivity index (χ0n) is 18.8. The normalized spacial score (nSPS) is 15.3. The SMILES string of the molecule is CC(C)c1c2c(nn1C)CCN(c1nc(Nc3cnc(N4C=CN=CC4)cn3)ncc1F)C2. The Morgan fingerprint density at radius 1 is 1.12 bits per heavy atom. The van der Waals surface area contributed by atoms with Gasteiger partial charge in [0.25, 0.3) is 0 Å². The molecule has 1 N–H and O–H groups in total. The predicted molar refractivity (Wildman–Crippen MR) is 124 cm³/mol. The number of hydrogen-bond acceptors (Lipinski definition) is 9. The summed E-state index contributed by atoms with van der Waals surface area (Å²) >= 11 is 0. The molecular formula is C22H25FN10. The number of aliphatic imine (C=N–C) groups is 1. The molecule has 0 unspecified atom stereocenters. The van der Waals surface area contributed by atoms with E-state index in [0.717, 1.165) is 17.7 Å². The van der Waals surface area contributed by atoms with Crippen LogP contribution in [0.5, 0.6) is 0 Å². The monoisotopic (exact) mass is 448 g/mol. The lowest BCUT2D eigenvalue weighted by atomic mass is 9.99. The Hall–Kier alpha value is -3.89. The zero-order valence-corrected chi connectivity index (χ0v) is 18.8. The van der Waals surface area contributed by atoms with E-state index in [0.29, 0.717) is 37.2 Å². The number of fused-ring (bicyclic) bond motifs is 1. The van der Waals surface area contributed by atoms with Crippen molar-refractivity contribution >= 4 is 29.6 Å². The van der Waals surface area contributed by atoms with Crippen molar-refractivity contribution in [3.63, 3.8) is 0 Å². The van der Waals surface area contributed by atoms with E-state index in [1.807, 2.05) is 27.7 Å². The summed E-state index contributed by atoms with van der Waals surface area (Å²) in [5.41, 5.74) is 3.41. The molecule has 10 nitrogen and oxygen atoms in total. The highest BCUT2D eigenvalue weighted by Gasteiger charge is 2.27. The summed E-state index contributed by atoms with van der Waals surface area (Å²) in [7, 11) is 1.97. The molecule has 33 heavy (non-hydrogen) atoms. The van der Waals surface area contributed by atoms with E-state index < -0.39 is 5.82 Å². The van der Waals surface area contributed by atoms with E-state index in [9.17, 15) is 4.39 Å². The lowest BCUT2D eigenvalue weighted by molar-refractivity contribution is 0.593. The predicted octanol–water partition coefficient (Wildman–Crippen LogP) is 2.93. The van der Waals surface area contributed by atoms with E-state index in [-0.39, 0.29) is 11.8 Å². The summed E-state index contributed by atoms with van der Waals surface area (Å²) in [5.74, 6) is 1.57. The van der Waals surface area contributed by atoms with E-state index >= 15 is 0 Å². The number of aryl methyl sites for hydroxylation is 1. The highest BCUT2D eigenvalue weighted by Crippen LogP contribution is 2.30. The van der Waals surface area contributed by atoms with Gasteiger partial charge in [-0.05, 0) is 5.92 Å². The molecule has 5 heterocycles. The molecular weight excluding hydrogens is 423 g/mol. The van der Waals surface area contributed by atoms with Crippen LogP contribution in [0.2, 0.25) is 0 Å². The first-order valence-electron chi connectivity index (χ1n) is 10.9. The highest BCUT2D eigenvalue weighted by atomic mass is 19.1. The molecule has 3 aromatic heterocycles. The number of anilines is 4. The standard InChI is InChI=1S/C22H25FN10/c1-14(2)20-15-13-33(7-4-17(15)30-31(20)3)21-16(23)10-27-22(29-21)28-18-11-26-19(12-25-18)32-8-5-24-6-9-32/h5-6,8,10-12,14H,4,7,9,13H2,1-3H3,(H,25,27,28,29). The number of nitrogens with zero attached hydrogens (tertiary/aromatic N) is 9. The lowest BCUT2D eigenvalue weighted by Crippen LogP contribution is -2.32. The molecule has 2 aliphatic rings. The number of hydrogen-bond donors (Lipinski definition) is 1. The minimum Gasteiger partial charge on any atom is -0.349 e. The first-order valence-corrected chi connectivity index (χ1v) is 10.9. The van der Waals surface area contributed by atoms with Gasteiger partial charge >= 0.3 is 0 Å². The van der Waals surface area contributed by atoms with Crippen LogP contribution in [0.1, 0.15) is 36.7 Å². The Morgan fingerprint density at radius 3 is 2.73 bits per heavy atom. The van der Waals surface area contributed by atoms with Gasteiger partial charge in [0.15, 0.2) is 23.3 Å². The van der Waals surface area contributed by atoms with Crippen LogP contribution in [0.15, 0.2) is 36.0 Å². The molecule has 170 valence electrons. The van der Waals surface area contributed by atoms with Gasteiger partial charge in [-0.25, -0.2) is 19.3 Å². The number of nitrogens with one attached hydrogen (secondary N) is 1. The van der Waals surface area contributed by atoms with Crippen LogP contribution in [0.4, 0.5) is 27.8 Å². The average molecular weight is 449 g/mol. The second-order valence-corrected chi connectivity index (χ2v) is 8.29. The summed E-state index contributed by atoms with van der Waals surface area (Å²) in [4.78, 5) is 25.3. The van der Waals surface area contributed by atoms with Gasteiger partial charge < -0.3 is 15.1 Å². The van der Waals surface area contributed by atoms with Crippen molar-refractivity contribution < 1.29 is 4.39 Å². The van der Waals surface area contributed by atoms with E-state index in [4.69, 9.17) is 0 Å². The van der Waals surface area contributed by atoms with Crippen molar-refractivity contribution in [3.05, 3.63) is 53.8 Å². The van der Waals surface area contributed by atoms with Crippen LogP contribution < -0.4 is 15.1 Å². The van der Waals surface area contributed by atoms with Crippen molar-refractivity contribution in [1.29, 1.82) is 0 Å². The van der Waals surface area contributed by atoms with Gasteiger partial charge in [-0.15, -0.1) is 0 Å². The fourth-order valence-electron chi connectivity index (χ4n) is 4.26. The quantitative estimate of drug-likeness (QED) is 0.636. The maximum atomic E-state index is 14.7. The van der Waals surface area contributed by atoms with Gasteiger partial charge in [0.05, 0.1) is 30.8 Å². The van der Waals surface area contributed by atoms with Gasteiger partial charge in [-0.2, -0.15) is 10.1 Å². The third kappa shape index (κ3) is 4.13. The Balaban J connectivity index is 1.35. The van der Waals surface area contributed by atoms with Crippen LogP contribution >= 0.6 is 0 Å². The molecule has 0 aromatic carbocycles. The average Bonchev–Trinajstić information content (AvgIpc) is 3.16. The summed E-state index contributed by atoms with van der Waals surface area (Å²) < 4.78 is 16.7. The molecule has 2 aliphatic heterocycles. The molecule has 0 aliphatic carbocycles. The Labute approximate surface area is 190 Å². The minimum absolute atomic E-state index is 0.263. The summed E-state index contributed by atoms with van der Waals surface area (Å²) in [5, 5.41) is 7.68. The number of rotatable bonds is 5. The van der Waals surface area contributed by atoms with Gasteiger partial charge in [-0.3, -0.25) is 9.67 Å². The summed E-state index contributed by atoms with van der Waals surface area (Å²) in [6, 6.07) is 0. The second-order valence-electron chi connectivity index (χ2n) is 8.29. The van der Waals surface area contributed by atoms with Crippen molar-refractivity contribution in [2.24, 2.45) is 12.0 Å². The van der Waals surface area contributed by atoms with Crippen LogP contribution in [0.25, 0.3) is 0 Å². The molecule has 0 atom stereocenters. The van der Waals surface area contributed by atoms with Crippen LogP contribution in [0, 0.1) is 5.82 Å². The van der Waals surface area contributed by atoms with Gasteiger partial charge in [0.2, 0.25) is 5.95 Å². The molecule has 0 saturated carbocycles. The molecule has 0 radical (unpaired) electrons. The molecule has 0 amide bonds. The summed E-state index contributed by atoms with van der Waals surface area (Å²) in [6.45, 7) is 6.12. The zero-order chi connectivity index (χ0) is 22.9. The van der Waals surface area contributed by atoms with Crippen LogP contribution in [-0.2, 0) is 20.0 Å². The van der Waals surface area contributed by atoms with Gasteiger partial charge in [0.1, 0.15) is 0 Å². The van der Waals surface area contributed by atoms with Crippen LogP contribution in [-0.4, -0.2) is 49.0 Å². The van der Waals surface area contributed by atoms with Crippen molar-refractivity contribution in [1.82, 2.24) is 29.7 Å². The fourth-order valence-corrected chi connectivity index (χ4v) is 4.26. The third-order valence-corrected chi connectivity index (χ3v) is 5.71. The summed E-state index contributed by atoms with van der Waals surface area (Å²) in [6.07, 6.45) is 10.5. The number of halogens is 1. The second kappa shape index (κ2) is 8.57. The first kappa shape index (κ1) is 21.0. The first-order chi connectivity index (χ1) is 16.0. The van der Waals surface area contributed by atoms with Crippen LogP contribution in [0.3, 0.4) is 0 Å². The molecule has 3 aromatic rings. The largest absolute Gasteiger partial charge is 0.349 e. The maximum Gasteiger partial charge on any atom is 0.230 e. The molecule has 11 heteroatoms. The van der Waals surface area contributed by atoms with E-state index in [1.165, 1.54) is 11.9 Å². The van der Waals surface area contributed by atoms with Crippen molar-refractivity contribution in [2.45, 2.75) is 32.7 Å². The Morgan fingerprint density at radius 2 is 2.00 bits per heavy atom. The molecule has 0 bridgehead atoms. The maximum absolute atomic E-state index is 14.7. The van der Waals surface area contributed by atoms with E-state index in [2.05, 4.69) is 49.2 Å². The van der Waals surface area contributed by atoms with Gasteiger partial charge in [0, 0.05) is 56.4 Å². The topological polar surface area (TPSA) is 100 Å². The Kier molecular flexibility index (Phi) is 5.45. The minimum atomic E-state index is -0.459.